The first-order valence-electron chi connectivity index (χ1n) is 9.22. The molecular formula is C21H21FN2O3S. The number of aromatic nitrogens is 1. The van der Waals surface area contributed by atoms with E-state index in [1.807, 2.05) is 18.2 Å². The highest BCUT2D eigenvalue weighted by atomic mass is 32.2. The molecule has 0 bridgehead atoms. The number of ether oxygens (including phenoxy) is 1. The Kier molecular flexibility index (Phi) is 5.54. The quantitative estimate of drug-likeness (QED) is 0.680. The molecule has 0 aliphatic carbocycles. The molecule has 3 aromatic rings. The van der Waals surface area contributed by atoms with Crippen molar-refractivity contribution in [2.45, 2.75) is 23.8 Å². The van der Waals surface area contributed by atoms with Crippen LogP contribution in [0.1, 0.15) is 28.9 Å². The van der Waals surface area contributed by atoms with Crippen molar-refractivity contribution in [1.82, 2.24) is 4.98 Å². The number of fused-ring (bicyclic) bond motifs is 1. The molecule has 1 fully saturated rings. The highest BCUT2D eigenvalue weighted by Crippen LogP contribution is 2.21. The molecule has 0 radical (unpaired) electrons. The van der Waals surface area contributed by atoms with E-state index in [-0.39, 0.29) is 22.7 Å². The third-order valence-corrected chi connectivity index (χ3v) is 6.72. The van der Waals surface area contributed by atoms with Gasteiger partial charge in [0.25, 0.3) is 5.91 Å². The molecule has 1 amide bonds. The summed E-state index contributed by atoms with van der Waals surface area (Å²) in [6.45, 7) is 1.33. The number of rotatable bonds is 5. The zero-order valence-electron chi connectivity index (χ0n) is 15.2. The third kappa shape index (κ3) is 4.15. The summed E-state index contributed by atoms with van der Waals surface area (Å²) in [6, 6.07) is 13.5. The lowest BCUT2D eigenvalue weighted by Gasteiger charge is -2.21. The van der Waals surface area contributed by atoms with Crippen LogP contribution in [0.2, 0.25) is 0 Å². The Bertz CT molecular complexity index is 1030. The van der Waals surface area contributed by atoms with Crippen LogP contribution in [0.5, 0.6) is 0 Å². The van der Waals surface area contributed by atoms with Crippen LogP contribution in [0.15, 0.2) is 48.5 Å². The van der Waals surface area contributed by atoms with Gasteiger partial charge in [0.1, 0.15) is 11.5 Å². The van der Waals surface area contributed by atoms with Gasteiger partial charge in [0.2, 0.25) is 0 Å². The standard InChI is InChI=1S/C21H21FN2O3S/c22-18-5-2-6-19-17(18)12-20(24-19)21(25)23-15-4-1-3-14(11-15)13-28(26)16-7-9-27-10-8-16/h1-6,11-12,16,24H,7-10,13H2,(H,23,25). The first kappa shape index (κ1) is 18.8. The van der Waals surface area contributed by atoms with Crippen molar-refractivity contribution in [2.24, 2.45) is 0 Å². The second kappa shape index (κ2) is 8.24. The van der Waals surface area contributed by atoms with Crippen molar-refractivity contribution in [3.8, 4) is 0 Å². The Hall–Kier alpha value is -2.51. The van der Waals surface area contributed by atoms with E-state index in [0.29, 0.717) is 35.6 Å². The fourth-order valence-corrected chi connectivity index (χ4v) is 4.86. The summed E-state index contributed by atoms with van der Waals surface area (Å²) in [6.07, 6.45) is 1.64. The second-order valence-electron chi connectivity index (χ2n) is 6.88. The van der Waals surface area contributed by atoms with Crippen LogP contribution in [0.4, 0.5) is 10.1 Å². The number of benzene rings is 2. The average Bonchev–Trinajstić information content (AvgIpc) is 3.15. The smallest absolute Gasteiger partial charge is 0.272 e. The molecule has 1 aliphatic heterocycles. The van der Waals surface area contributed by atoms with Crippen LogP contribution in [0, 0.1) is 5.82 Å². The predicted molar refractivity (Wildman–Crippen MR) is 108 cm³/mol. The molecule has 2 heterocycles. The van der Waals surface area contributed by atoms with Crippen LogP contribution in [-0.2, 0) is 21.3 Å². The van der Waals surface area contributed by atoms with Crippen molar-refractivity contribution in [2.75, 3.05) is 18.5 Å². The molecule has 1 aliphatic rings. The van der Waals surface area contributed by atoms with Crippen molar-refractivity contribution in [3.05, 3.63) is 65.6 Å². The van der Waals surface area contributed by atoms with Crippen molar-refractivity contribution in [3.63, 3.8) is 0 Å². The van der Waals surface area contributed by atoms with Crippen molar-refractivity contribution in [1.29, 1.82) is 0 Å². The maximum atomic E-state index is 13.8. The minimum Gasteiger partial charge on any atom is -0.381 e. The lowest BCUT2D eigenvalue weighted by Crippen LogP contribution is -2.25. The summed E-state index contributed by atoms with van der Waals surface area (Å²) in [5, 5.41) is 3.36. The van der Waals surface area contributed by atoms with Gasteiger partial charge in [0.05, 0.1) is 0 Å². The number of carbonyl (C=O) groups excluding carboxylic acids is 1. The average molecular weight is 400 g/mol. The van der Waals surface area contributed by atoms with Crippen molar-refractivity contribution < 1.29 is 18.1 Å². The molecule has 4 rings (SSSR count). The van der Waals surface area contributed by atoms with Crippen LogP contribution >= 0.6 is 0 Å². The van der Waals surface area contributed by atoms with Crippen LogP contribution in [0.3, 0.4) is 0 Å². The molecule has 7 heteroatoms. The van der Waals surface area contributed by atoms with E-state index in [2.05, 4.69) is 10.3 Å². The molecule has 1 saturated heterocycles. The Morgan fingerprint density at radius 3 is 2.75 bits per heavy atom. The first-order chi connectivity index (χ1) is 13.6. The largest absolute Gasteiger partial charge is 0.381 e. The Labute approximate surface area is 164 Å². The van der Waals surface area contributed by atoms with Crippen LogP contribution < -0.4 is 5.32 Å². The van der Waals surface area contributed by atoms with E-state index in [9.17, 15) is 13.4 Å². The second-order valence-corrected chi connectivity index (χ2v) is 8.59. The summed E-state index contributed by atoms with van der Waals surface area (Å²) in [7, 11) is -0.968. The van der Waals surface area contributed by atoms with Gasteiger partial charge < -0.3 is 15.0 Å². The van der Waals surface area contributed by atoms with E-state index in [4.69, 9.17) is 4.74 Å². The van der Waals surface area contributed by atoms with Gasteiger partial charge in [0.15, 0.2) is 0 Å². The third-order valence-electron chi connectivity index (χ3n) is 4.89. The minimum absolute atomic E-state index is 0.160. The summed E-state index contributed by atoms with van der Waals surface area (Å²) >= 11 is 0. The van der Waals surface area contributed by atoms with Gasteiger partial charge >= 0.3 is 0 Å². The molecule has 2 aromatic carbocycles. The SMILES string of the molecule is O=C(Nc1cccc(CS(=O)C2CCOCC2)c1)c1cc2c(F)cccc2[nH]1. The minimum atomic E-state index is -0.968. The molecule has 28 heavy (non-hydrogen) atoms. The topological polar surface area (TPSA) is 71.2 Å². The van der Waals surface area contributed by atoms with Gasteiger partial charge in [-0.25, -0.2) is 4.39 Å². The Morgan fingerprint density at radius 2 is 1.96 bits per heavy atom. The molecule has 2 N–H and O–H groups in total. The predicted octanol–water partition coefficient (Wildman–Crippen LogP) is 3.99. The highest BCUT2D eigenvalue weighted by Gasteiger charge is 2.20. The molecule has 0 saturated carbocycles. The van der Waals surface area contributed by atoms with Crippen LogP contribution in [0.25, 0.3) is 10.9 Å². The fourth-order valence-electron chi connectivity index (χ4n) is 3.40. The number of nitrogens with one attached hydrogen (secondary N) is 2. The van der Waals surface area contributed by atoms with Gasteiger partial charge in [-0.15, -0.1) is 0 Å². The van der Waals surface area contributed by atoms with Gasteiger partial charge in [-0.05, 0) is 48.7 Å². The van der Waals surface area contributed by atoms with Gasteiger partial charge in [-0.2, -0.15) is 0 Å². The normalized spacial score (nSPS) is 16.2. The number of hydrogen-bond acceptors (Lipinski definition) is 3. The molecule has 1 unspecified atom stereocenters. The number of hydrogen-bond donors (Lipinski definition) is 2. The summed E-state index contributed by atoms with van der Waals surface area (Å²) in [4.78, 5) is 15.5. The van der Waals surface area contributed by atoms with E-state index < -0.39 is 10.8 Å². The van der Waals surface area contributed by atoms with E-state index >= 15 is 0 Å². The van der Waals surface area contributed by atoms with E-state index in [1.54, 1.807) is 18.2 Å². The number of anilines is 1. The monoisotopic (exact) mass is 400 g/mol. The van der Waals surface area contributed by atoms with Gasteiger partial charge in [0, 0.05) is 51.6 Å². The maximum Gasteiger partial charge on any atom is 0.272 e. The highest BCUT2D eigenvalue weighted by molar-refractivity contribution is 7.84. The maximum absolute atomic E-state index is 13.8. The number of halogens is 1. The fraction of sp³-hybridized carbons (Fsp3) is 0.286. The number of amides is 1. The molecule has 0 spiro atoms. The zero-order chi connectivity index (χ0) is 19.5. The lowest BCUT2D eigenvalue weighted by atomic mass is 10.2. The Balaban J connectivity index is 1.45. The first-order valence-corrected chi connectivity index (χ1v) is 10.6. The number of carbonyl (C=O) groups is 1. The van der Waals surface area contributed by atoms with E-state index in [1.165, 1.54) is 12.1 Å². The number of aromatic amines is 1. The summed E-state index contributed by atoms with van der Waals surface area (Å²) < 4.78 is 31.7. The van der Waals surface area contributed by atoms with Gasteiger partial charge in [-0.3, -0.25) is 9.00 Å². The zero-order valence-corrected chi connectivity index (χ0v) is 16.1. The molecule has 5 nitrogen and oxygen atoms in total. The Morgan fingerprint density at radius 1 is 1.18 bits per heavy atom. The molecule has 146 valence electrons. The summed E-state index contributed by atoms with van der Waals surface area (Å²) in [5.74, 6) is -0.268. The summed E-state index contributed by atoms with van der Waals surface area (Å²) in [5.41, 5.74) is 2.39. The number of H-pyrrole nitrogens is 1. The molecule has 1 aromatic heterocycles. The van der Waals surface area contributed by atoms with Crippen LogP contribution in [-0.4, -0.2) is 33.6 Å². The van der Waals surface area contributed by atoms with E-state index in [0.717, 1.165) is 18.4 Å². The molecule has 1 atom stereocenters. The lowest BCUT2D eigenvalue weighted by molar-refractivity contribution is 0.0991. The molecular weight excluding hydrogens is 379 g/mol. The van der Waals surface area contributed by atoms with Gasteiger partial charge in [-0.1, -0.05) is 18.2 Å². The van der Waals surface area contributed by atoms with Crippen molar-refractivity contribution >= 4 is 33.3 Å².